The predicted octanol–water partition coefficient (Wildman–Crippen LogP) is 7.00. The lowest BCUT2D eigenvalue weighted by Crippen LogP contribution is -2.19. The van der Waals surface area contributed by atoms with Gasteiger partial charge in [-0.05, 0) is 53.9 Å². The minimum atomic E-state index is -5.20. The summed E-state index contributed by atoms with van der Waals surface area (Å²) in [6.07, 6.45) is -21.6. The summed E-state index contributed by atoms with van der Waals surface area (Å²) in [4.78, 5) is 0. The van der Waals surface area contributed by atoms with Gasteiger partial charge in [-0.3, -0.25) is 0 Å². The molecule has 0 spiro atoms. The van der Waals surface area contributed by atoms with Crippen molar-refractivity contribution in [2.24, 2.45) is 5.73 Å². The van der Waals surface area contributed by atoms with Crippen LogP contribution in [0.2, 0.25) is 0 Å². The van der Waals surface area contributed by atoms with Gasteiger partial charge in [-0.25, -0.2) is 0 Å². The van der Waals surface area contributed by atoms with Crippen LogP contribution in [-0.2, 0) is 31.1 Å². The van der Waals surface area contributed by atoms with Gasteiger partial charge in [0.25, 0.3) is 0 Å². The van der Waals surface area contributed by atoms with Gasteiger partial charge in [0.15, 0.2) is 0 Å². The normalized spacial score (nSPS) is 14.6. The van der Waals surface area contributed by atoms with E-state index < -0.39 is 70.5 Å². The van der Waals surface area contributed by atoms with Gasteiger partial charge in [-0.1, -0.05) is 0 Å². The summed E-state index contributed by atoms with van der Waals surface area (Å²) < 4.78 is 155. The van der Waals surface area contributed by atoms with E-state index in [1.54, 1.807) is 0 Å². The Morgan fingerprint density at radius 2 is 0.806 bits per heavy atom. The third kappa shape index (κ3) is 6.28. The molecule has 0 radical (unpaired) electrons. The van der Waals surface area contributed by atoms with E-state index in [9.17, 15) is 52.7 Å². The van der Waals surface area contributed by atoms with Crippen molar-refractivity contribution in [1.29, 1.82) is 0 Å². The third-order valence-corrected chi connectivity index (χ3v) is 4.14. The molecule has 2 rings (SSSR count). The smallest absolute Gasteiger partial charge is 0.324 e. The van der Waals surface area contributed by atoms with Crippen LogP contribution in [0.4, 0.5) is 52.7 Å². The minimum absolute atomic E-state index is 0.166. The number of rotatable bonds is 3. The predicted molar refractivity (Wildman–Crippen MR) is 83.5 cm³/mol. The molecule has 2 aromatic carbocycles. The lowest BCUT2D eigenvalue weighted by molar-refractivity contribution is -0.144. The summed E-state index contributed by atoms with van der Waals surface area (Å²) >= 11 is 0. The first-order chi connectivity index (χ1) is 13.8. The summed E-state index contributed by atoms with van der Waals surface area (Å²) in [5.74, 6) is 0. The van der Waals surface area contributed by atoms with Crippen LogP contribution < -0.4 is 5.73 Å². The molecule has 2 aromatic rings. The first kappa shape index (κ1) is 24.8. The Bertz CT molecular complexity index is 870. The molecule has 2 N–H and O–H groups in total. The molecule has 0 saturated heterocycles. The highest BCUT2D eigenvalue weighted by atomic mass is 19.4. The van der Waals surface area contributed by atoms with E-state index in [0.717, 1.165) is 0 Å². The summed E-state index contributed by atoms with van der Waals surface area (Å²) in [7, 11) is 0. The Labute approximate surface area is 166 Å². The van der Waals surface area contributed by atoms with Crippen LogP contribution in [0, 0.1) is 0 Å². The summed E-state index contributed by atoms with van der Waals surface area (Å²) in [5, 5.41) is 0. The van der Waals surface area contributed by atoms with Crippen molar-refractivity contribution in [3.8, 4) is 0 Å². The van der Waals surface area contributed by atoms with E-state index in [-0.39, 0.29) is 24.3 Å². The zero-order chi connectivity index (χ0) is 24.0. The quantitative estimate of drug-likeness (QED) is 0.482. The molecule has 0 heterocycles. The average molecular weight is 469 g/mol. The summed E-state index contributed by atoms with van der Waals surface area (Å²) in [5.41, 5.74) is -2.66. The SMILES string of the molecule is N[C@@H](Cc1cc(C(F)(F)F)cc(C(F)(F)F)c1)c1cc(C(F)(F)F)cc(C(F)(F)F)c1. The Morgan fingerprint density at radius 3 is 1.10 bits per heavy atom. The fourth-order valence-electron chi connectivity index (χ4n) is 2.70. The fourth-order valence-corrected chi connectivity index (χ4v) is 2.70. The van der Waals surface area contributed by atoms with Crippen LogP contribution in [-0.4, -0.2) is 0 Å². The molecule has 1 atom stereocenters. The molecule has 1 nitrogen and oxygen atoms in total. The molecule has 0 aromatic heterocycles. The highest BCUT2D eigenvalue weighted by molar-refractivity contribution is 5.38. The van der Waals surface area contributed by atoms with Gasteiger partial charge in [0, 0.05) is 6.04 Å². The molecule has 0 aliphatic rings. The van der Waals surface area contributed by atoms with Crippen LogP contribution in [0.1, 0.15) is 39.4 Å². The van der Waals surface area contributed by atoms with Crippen molar-refractivity contribution < 1.29 is 52.7 Å². The highest BCUT2D eigenvalue weighted by Gasteiger charge is 2.39. The van der Waals surface area contributed by atoms with Crippen LogP contribution >= 0.6 is 0 Å². The van der Waals surface area contributed by atoms with Gasteiger partial charge in [0.05, 0.1) is 22.3 Å². The van der Waals surface area contributed by atoms with Gasteiger partial charge in [0.2, 0.25) is 0 Å². The number of hydrogen-bond donors (Lipinski definition) is 1. The van der Waals surface area contributed by atoms with Gasteiger partial charge in [-0.15, -0.1) is 0 Å². The van der Waals surface area contributed by atoms with Crippen molar-refractivity contribution in [3.63, 3.8) is 0 Å². The van der Waals surface area contributed by atoms with E-state index in [2.05, 4.69) is 0 Å². The van der Waals surface area contributed by atoms with Crippen molar-refractivity contribution in [3.05, 3.63) is 69.8 Å². The Balaban J connectivity index is 2.53. The molecule has 0 unspecified atom stereocenters. The lowest BCUT2D eigenvalue weighted by atomic mass is 9.93. The zero-order valence-electron chi connectivity index (χ0n) is 14.9. The maximum Gasteiger partial charge on any atom is 0.416 e. The average Bonchev–Trinajstić information content (AvgIpc) is 2.58. The van der Waals surface area contributed by atoms with E-state index >= 15 is 0 Å². The van der Waals surface area contributed by atoms with Gasteiger partial charge in [0.1, 0.15) is 0 Å². The Morgan fingerprint density at radius 1 is 0.516 bits per heavy atom. The lowest BCUT2D eigenvalue weighted by Gasteiger charge is -2.19. The molecule has 0 aliphatic heterocycles. The van der Waals surface area contributed by atoms with Crippen molar-refractivity contribution in [1.82, 2.24) is 0 Å². The van der Waals surface area contributed by atoms with Crippen LogP contribution in [0.25, 0.3) is 0 Å². The molecule has 13 heteroatoms. The molecule has 0 bridgehead atoms. The summed E-state index contributed by atoms with van der Waals surface area (Å²) in [6.45, 7) is 0. The van der Waals surface area contributed by atoms with Crippen molar-refractivity contribution in [2.45, 2.75) is 37.2 Å². The molecule has 0 amide bonds. The van der Waals surface area contributed by atoms with Crippen LogP contribution in [0.15, 0.2) is 36.4 Å². The Hall–Kier alpha value is -2.44. The van der Waals surface area contributed by atoms with Crippen molar-refractivity contribution >= 4 is 0 Å². The van der Waals surface area contributed by atoms with E-state index in [4.69, 9.17) is 5.73 Å². The number of hydrogen-bond acceptors (Lipinski definition) is 1. The molecule has 0 fully saturated rings. The van der Waals surface area contributed by atoms with Gasteiger partial charge >= 0.3 is 24.7 Å². The largest absolute Gasteiger partial charge is 0.416 e. The fraction of sp³-hybridized carbons (Fsp3) is 0.333. The number of alkyl halides is 12. The first-order valence-corrected chi connectivity index (χ1v) is 8.12. The topological polar surface area (TPSA) is 26.0 Å². The standard InChI is InChI=1S/C18H11F12N/c19-15(20,21)10-1-8(2-11(6-10)16(22,23)24)3-14(31)9-4-12(17(25,26)27)7-13(5-9)18(28,29)30/h1-2,4-7,14H,3,31H2/t14-/m0/s1. The zero-order valence-corrected chi connectivity index (χ0v) is 14.9. The Kier molecular flexibility index (Phi) is 6.34. The summed E-state index contributed by atoms with van der Waals surface area (Å²) in [6, 6.07) is -0.978. The second kappa shape index (κ2) is 7.92. The van der Waals surface area contributed by atoms with Crippen molar-refractivity contribution in [2.75, 3.05) is 0 Å². The second-order valence-electron chi connectivity index (χ2n) is 6.56. The van der Waals surface area contributed by atoms with E-state index in [0.29, 0.717) is 12.1 Å². The molecule has 0 aliphatic carbocycles. The molecular weight excluding hydrogens is 458 g/mol. The van der Waals surface area contributed by atoms with Crippen LogP contribution in [0.5, 0.6) is 0 Å². The second-order valence-corrected chi connectivity index (χ2v) is 6.56. The number of halogens is 12. The van der Waals surface area contributed by atoms with Crippen LogP contribution in [0.3, 0.4) is 0 Å². The molecule has 31 heavy (non-hydrogen) atoms. The minimum Gasteiger partial charge on any atom is -0.324 e. The molecule has 0 saturated carbocycles. The maximum absolute atomic E-state index is 12.9. The molecular formula is C18H11F12N. The van der Waals surface area contributed by atoms with E-state index in [1.807, 2.05) is 0 Å². The number of nitrogens with two attached hydrogens (primary N) is 1. The first-order valence-electron chi connectivity index (χ1n) is 8.12. The molecule has 172 valence electrons. The van der Waals surface area contributed by atoms with Gasteiger partial charge < -0.3 is 5.73 Å². The third-order valence-electron chi connectivity index (χ3n) is 4.14. The maximum atomic E-state index is 12.9. The number of benzene rings is 2. The van der Waals surface area contributed by atoms with Gasteiger partial charge in [-0.2, -0.15) is 52.7 Å². The monoisotopic (exact) mass is 469 g/mol. The highest BCUT2D eigenvalue weighted by Crippen LogP contribution is 2.39. The van der Waals surface area contributed by atoms with E-state index in [1.165, 1.54) is 0 Å².